The first-order valence-electron chi connectivity index (χ1n) is 7.55. The van der Waals surface area contributed by atoms with Crippen LogP contribution in [0.3, 0.4) is 0 Å². The van der Waals surface area contributed by atoms with E-state index in [1.807, 2.05) is 10.8 Å². The van der Waals surface area contributed by atoms with E-state index >= 15 is 0 Å². The first kappa shape index (κ1) is 16.5. The molecule has 0 amide bonds. The van der Waals surface area contributed by atoms with Crippen LogP contribution in [0.1, 0.15) is 24.3 Å². The molecule has 0 aliphatic rings. The molecule has 0 saturated carbocycles. The van der Waals surface area contributed by atoms with Gasteiger partial charge in [0.25, 0.3) is 0 Å². The first-order valence-corrected chi connectivity index (χ1v) is 7.93. The Morgan fingerprint density at radius 1 is 1.33 bits per heavy atom. The van der Waals surface area contributed by atoms with Crippen LogP contribution in [0.5, 0.6) is 0 Å². The second kappa shape index (κ2) is 6.24. The van der Waals surface area contributed by atoms with Gasteiger partial charge in [-0.2, -0.15) is 0 Å². The number of halogens is 2. The van der Waals surface area contributed by atoms with Crippen molar-refractivity contribution in [3.63, 3.8) is 0 Å². The summed E-state index contributed by atoms with van der Waals surface area (Å²) in [5, 5.41) is 10.0. The predicted molar refractivity (Wildman–Crippen MR) is 91.9 cm³/mol. The third-order valence-electron chi connectivity index (χ3n) is 3.73. The molecule has 0 fully saturated rings. The highest BCUT2D eigenvalue weighted by atomic mass is 35.5. The lowest BCUT2D eigenvalue weighted by Gasteiger charge is -2.07. The van der Waals surface area contributed by atoms with Crippen LogP contribution < -0.4 is 0 Å². The van der Waals surface area contributed by atoms with Gasteiger partial charge in [-0.25, -0.2) is 14.2 Å². The molecular formula is C18H16ClFN2O2. The number of carboxylic acid groups (broad SMARTS) is 1. The standard InChI is InChI=1S/C18H16ClFN2O2/c1-10(2)8-22-9-13(11-3-5-14(19)15(20)7-11)12-4-6-16(18(23)24)21-17(12)22/h3-7,9-10H,8H2,1-2H3,(H,23,24). The molecule has 1 N–H and O–H groups in total. The third kappa shape index (κ3) is 2.99. The topological polar surface area (TPSA) is 55.1 Å². The number of carbonyl (C=O) groups is 1. The van der Waals surface area contributed by atoms with Gasteiger partial charge in [0.05, 0.1) is 5.02 Å². The summed E-state index contributed by atoms with van der Waals surface area (Å²) in [5.41, 5.74) is 2.04. The Balaban J connectivity index is 2.24. The van der Waals surface area contributed by atoms with Crippen molar-refractivity contribution in [1.82, 2.24) is 9.55 Å². The third-order valence-corrected chi connectivity index (χ3v) is 4.04. The number of hydrogen-bond acceptors (Lipinski definition) is 2. The van der Waals surface area contributed by atoms with Crippen LogP contribution in [0.4, 0.5) is 4.39 Å². The molecule has 0 aliphatic heterocycles. The lowest BCUT2D eigenvalue weighted by molar-refractivity contribution is 0.0691. The van der Waals surface area contributed by atoms with Gasteiger partial charge in [-0.15, -0.1) is 0 Å². The number of nitrogens with zero attached hydrogens (tertiary/aromatic N) is 2. The molecule has 0 atom stereocenters. The quantitative estimate of drug-likeness (QED) is 0.734. The lowest BCUT2D eigenvalue weighted by Crippen LogP contribution is -2.06. The zero-order valence-electron chi connectivity index (χ0n) is 13.3. The molecule has 4 nitrogen and oxygen atoms in total. The van der Waals surface area contributed by atoms with E-state index in [0.29, 0.717) is 23.7 Å². The number of aromatic carboxylic acids is 1. The average Bonchev–Trinajstić information content (AvgIpc) is 2.87. The minimum Gasteiger partial charge on any atom is -0.477 e. The Morgan fingerprint density at radius 2 is 2.08 bits per heavy atom. The average molecular weight is 347 g/mol. The summed E-state index contributed by atoms with van der Waals surface area (Å²) in [4.78, 5) is 15.5. The van der Waals surface area contributed by atoms with Crippen molar-refractivity contribution in [3.8, 4) is 11.1 Å². The molecule has 2 aromatic heterocycles. The molecule has 3 aromatic rings. The number of aromatic nitrogens is 2. The summed E-state index contributed by atoms with van der Waals surface area (Å²) in [6.45, 7) is 4.81. The van der Waals surface area contributed by atoms with Crippen molar-refractivity contribution in [1.29, 1.82) is 0 Å². The van der Waals surface area contributed by atoms with Crippen molar-refractivity contribution in [2.24, 2.45) is 5.92 Å². The van der Waals surface area contributed by atoms with E-state index in [4.69, 9.17) is 11.6 Å². The van der Waals surface area contributed by atoms with Gasteiger partial charge in [-0.05, 0) is 35.7 Å². The fourth-order valence-electron chi connectivity index (χ4n) is 2.71. The molecule has 1 aromatic carbocycles. The fraction of sp³-hybridized carbons (Fsp3) is 0.222. The molecule has 0 saturated heterocycles. The van der Waals surface area contributed by atoms with Crippen LogP contribution >= 0.6 is 11.6 Å². The Morgan fingerprint density at radius 3 is 2.71 bits per heavy atom. The molecule has 2 heterocycles. The maximum atomic E-state index is 13.8. The maximum Gasteiger partial charge on any atom is 0.354 e. The largest absolute Gasteiger partial charge is 0.477 e. The van der Waals surface area contributed by atoms with Crippen molar-refractivity contribution in [2.75, 3.05) is 0 Å². The number of fused-ring (bicyclic) bond motifs is 1. The minimum atomic E-state index is -1.08. The Hall–Kier alpha value is -2.40. The number of hydrogen-bond donors (Lipinski definition) is 1. The van der Waals surface area contributed by atoms with Crippen molar-refractivity contribution in [2.45, 2.75) is 20.4 Å². The number of carboxylic acids is 1. The van der Waals surface area contributed by atoms with Gasteiger partial charge in [0.2, 0.25) is 0 Å². The molecule has 0 radical (unpaired) electrons. The van der Waals surface area contributed by atoms with Crippen LogP contribution in [0.25, 0.3) is 22.2 Å². The van der Waals surface area contributed by atoms with E-state index in [2.05, 4.69) is 18.8 Å². The zero-order valence-corrected chi connectivity index (χ0v) is 14.0. The molecule has 3 rings (SSSR count). The highest BCUT2D eigenvalue weighted by Gasteiger charge is 2.16. The normalized spacial score (nSPS) is 11.4. The molecule has 0 aliphatic carbocycles. The summed E-state index contributed by atoms with van der Waals surface area (Å²) in [6, 6.07) is 7.80. The maximum absolute atomic E-state index is 13.8. The predicted octanol–water partition coefficient (Wildman–Crippen LogP) is 4.85. The van der Waals surface area contributed by atoms with Gasteiger partial charge in [0, 0.05) is 23.7 Å². The van der Waals surface area contributed by atoms with Gasteiger partial charge in [0.1, 0.15) is 11.5 Å². The number of pyridine rings is 1. The summed E-state index contributed by atoms with van der Waals surface area (Å²) >= 11 is 5.76. The summed E-state index contributed by atoms with van der Waals surface area (Å²) < 4.78 is 15.7. The van der Waals surface area contributed by atoms with Crippen molar-refractivity contribution >= 4 is 28.6 Å². The Bertz CT molecular complexity index is 934. The molecule has 0 unspecified atom stereocenters. The van der Waals surface area contributed by atoms with Crippen LogP contribution in [0.15, 0.2) is 36.5 Å². The van der Waals surface area contributed by atoms with E-state index in [9.17, 15) is 14.3 Å². The lowest BCUT2D eigenvalue weighted by atomic mass is 10.1. The van der Waals surface area contributed by atoms with Crippen LogP contribution in [0, 0.1) is 11.7 Å². The highest BCUT2D eigenvalue weighted by molar-refractivity contribution is 6.30. The summed E-state index contributed by atoms with van der Waals surface area (Å²) in [5.74, 6) is -1.21. The molecule has 6 heteroatoms. The van der Waals surface area contributed by atoms with E-state index in [0.717, 1.165) is 10.9 Å². The van der Waals surface area contributed by atoms with Gasteiger partial charge >= 0.3 is 5.97 Å². The first-order chi connectivity index (χ1) is 11.4. The number of benzene rings is 1. The van der Waals surface area contributed by atoms with Gasteiger partial charge < -0.3 is 9.67 Å². The Labute approximate surface area is 143 Å². The summed E-state index contributed by atoms with van der Waals surface area (Å²) in [6.07, 6.45) is 1.88. The van der Waals surface area contributed by atoms with Crippen LogP contribution in [0.2, 0.25) is 5.02 Å². The van der Waals surface area contributed by atoms with Gasteiger partial charge in [-0.1, -0.05) is 31.5 Å². The second-order valence-electron chi connectivity index (χ2n) is 6.09. The summed E-state index contributed by atoms with van der Waals surface area (Å²) in [7, 11) is 0. The molecule has 24 heavy (non-hydrogen) atoms. The monoisotopic (exact) mass is 346 g/mol. The zero-order chi connectivity index (χ0) is 17.4. The van der Waals surface area contributed by atoms with Crippen molar-refractivity contribution < 1.29 is 14.3 Å². The van der Waals surface area contributed by atoms with E-state index in [-0.39, 0.29) is 10.7 Å². The van der Waals surface area contributed by atoms with Crippen molar-refractivity contribution in [3.05, 3.63) is 53.1 Å². The fourth-order valence-corrected chi connectivity index (χ4v) is 2.83. The van der Waals surface area contributed by atoms with Gasteiger partial charge in [-0.3, -0.25) is 0 Å². The highest BCUT2D eigenvalue weighted by Crippen LogP contribution is 2.32. The van der Waals surface area contributed by atoms with E-state index < -0.39 is 11.8 Å². The van der Waals surface area contributed by atoms with E-state index in [1.165, 1.54) is 18.2 Å². The van der Waals surface area contributed by atoms with Crippen LogP contribution in [-0.4, -0.2) is 20.6 Å². The van der Waals surface area contributed by atoms with Crippen LogP contribution in [-0.2, 0) is 6.54 Å². The second-order valence-corrected chi connectivity index (χ2v) is 6.50. The molecule has 0 spiro atoms. The SMILES string of the molecule is CC(C)Cn1cc(-c2ccc(Cl)c(F)c2)c2ccc(C(=O)O)nc21. The molecule has 124 valence electrons. The Kier molecular flexibility index (Phi) is 4.28. The smallest absolute Gasteiger partial charge is 0.354 e. The molecular weight excluding hydrogens is 331 g/mol. The van der Waals surface area contributed by atoms with E-state index in [1.54, 1.807) is 12.1 Å². The molecule has 0 bridgehead atoms. The van der Waals surface area contributed by atoms with Gasteiger partial charge in [0.15, 0.2) is 5.69 Å². The minimum absolute atomic E-state index is 0.0144. The number of rotatable bonds is 4.